The van der Waals surface area contributed by atoms with Crippen LogP contribution in [-0.2, 0) is 0 Å². The fraction of sp³-hybridized carbons (Fsp3) is 0. The molecule has 0 atom stereocenters. The molecule has 0 unspecified atom stereocenters. The predicted octanol–water partition coefficient (Wildman–Crippen LogP) is 3.91. The molecule has 2 aromatic carbocycles. The molecule has 7 heteroatoms. The van der Waals surface area contributed by atoms with Crippen molar-refractivity contribution in [1.82, 2.24) is 0 Å². The van der Waals surface area contributed by atoms with Gasteiger partial charge in [-0.2, -0.15) is 0 Å². The number of carboxylic acid groups (broad SMARTS) is 1. The minimum Gasteiger partial charge on any atom is -0.478 e. The molecule has 2 rings (SSSR count). The zero-order valence-corrected chi connectivity index (χ0v) is 12.1. The van der Waals surface area contributed by atoms with Crippen molar-refractivity contribution in [3.8, 4) is 0 Å². The maximum absolute atomic E-state index is 11.8. The molecule has 5 nitrogen and oxygen atoms in total. The molecule has 0 aliphatic rings. The van der Waals surface area contributed by atoms with E-state index >= 15 is 0 Å². The van der Waals surface area contributed by atoms with Gasteiger partial charge in [-0.1, -0.05) is 35.3 Å². The largest absolute Gasteiger partial charge is 0.478 e. The number of para-hydroxylation sites is 1. The first-order valence-electron chi connectivity index (χ1n) is 5.78. The van der Waals surface area contributed by atoms with E-state index in [1.165, 1.54) is 24.3 Å². The van der Waals surface area contributed by atoms with Crippen LogP contribution in [0.15, 0.2) is 42.5 Å². The van der Waals surface area contributed by atoms with Gasteiger partial charge in [0.15, 0.2) is 0 Å². The van der Waals surface area contributed by atoms with Gasteiger partial charge in [0.05, 0.1) is 22.0 Å². The van der Waals surface area contributed by atoms with Crippen LogP contribution < -0.4 is 10.6 Å². The van der Waals surface area contributed by atoms with Crippen molar-refractivity contribution in [1.29, 1.82) is 0 Å². The standard InChI is InChI=1S/C14H10Cl2N2O3/c15-8-5-6-10(16)12(7-8)18(14(17)21)11-4-2-1-3-9(11)13(19)20/h1-7H,(H2,17,21)(H,19,20). The van der Waals surface area contributed by atoms with E-state index in [1.807, 2.05) is 0 Å². The lowest BCUT2D eigenvalue weighted by Gasteiger charge is -2.23. The summed E-state index contributed by atoms with van der Waals surface area (Å²) in [6.45, 7) is 0. The first-order valence-corrected chi connectivity index (χ1v) is 6.54. The first-order chi connectivity index (χ1) is 9.91. The smallest absolute Gasteiger partial charge is 0.337 e. The number of anilines is 2. The average molecular weight is 325 g/mol. The normalized spacial score (nSPS) is 10.2. The Balaban J connectivity index is 2.68. The minimum atomic E-state index is -1.19. The number of rotatable bonds is 3. The number of hydrogen-bond acceptors (Lipinski definition) is 2. The fourth-order valence-electron chi connectivity index (χ4n) is 1.87. The second-order valence-corrected chi connectivity index (χ2v) is 4.94. The van der Waals surface area contributed by atoms with Gasteiger partial charge in [-0.3, -0.25) is 4.90 Å². The van der Waals surface area contributed by atoms with Crippen molar-refractivity contribution < 1.29 is 14.7 Å². The van der Waals surface area contributed by atoms with Gasteiger partial charge in [0.2, 0.25) is 0 Å². The zero-order chi connectivity index (χ0) is 15.6. The number of benzene rings is 2. The second-order valence-electron chi connectivity index (χ2n) is 4.09. The topological polar surface area (TPSA) is 83.6 Å². The Bertz CT molecular complexity index is 719. The van der Waals surface area contributed by atoms with E-state index in [2.05, 4.69) is 0 Å². The van der Waals surface area contributed by atoms with E-state index in [-0.39, 0.29) is 22.0 Å². The number of urea groups is 1. The summed E-state index contributed by atoms with van der Waals surface area (Å²) >= 11 is 12.0. The highest BCUT2D eigenvalue weighted by molar-refractivity contribution is 6.36. The second kappa shape index (κ2) is 6.03. The lowest BCUT2D eigenvalue weighted by molar-refractivity contribution is 0.0698. The highest BCUT2D eigenvalue weighted by Gasteiger charge is 2.23. The number of carbonyl (C=O) groups is 2. The molecule has 0 saturated carbocycles. The summed E-state index contributed by atoms with van der Waals surface area (Å²) in [7, 11) is 0. The van der Waals surface area contributed by atoms with Crippen LogP contribution in [0.1, 0.15) is 10.4 Å². The summed E-state index contributed by atoms with van der Waals surface area (Å²) in [4.78, 5) is 24.1. The van der Waals surface area contributed by atoms with Gasteiger partial charge in [0, 0.05) is 5.02 Å². The van der Waals surface area contributed by atoms with Crippen molar-refractivity contribution in [2.75, 3.05) is 4.90 Å². The molecular formula is C14H10Cl2N2O3. The van der Waals surface area contributed by atoms with E-state index in [4.69, 9.17) is 28.9 Å². The number of hydrogen-bond donors (Lipinski definition) is 2. The van der Waals surface area contributed by atoms with E-state index < -0.39 is 12.0 Å². The van der Waals surface area contributed by atoms with Crippen molar-refractivity contribution in [2.24, 2.45) is 5.73 Å². The predicted molar refractivity (Wildman–Crippen MR) is 81.6 cm³/mol. The number of carboxylic acids is 1. The van der Waals surface area contributed by atoms with Crippen LogP contribution in [0, 0.1) is 0 Å². The Labute approximate surface area is 130 Å². The highest BCUT2D eigenvalue weighted by atomic mass is 35.5. The number of nitrogens with two attached hydrogens (primary N) is 1. The molecule has 0 aromatic heterocycles. The van der Waals surface area contributed by atoms with Crippen LogP contribution in [0.5, 0.6) is 0 Å². The molecule has 0 radical (unpaired) electrons. The monoisotopic (exact) mass is 324 g/mol. The highest BCUT2D eigenvalue weighted by Crippen LogP contribution is 2.35. The van der Waals surface area contributed by atoms with Crippen LogP contribution in [-0.4, -0.2) is 17.1 Å². The van der Waals surface area contributed by atoms with Crippen LogP contribution in [0.4, 0.5) is 16.2 Å². The number of nitrogens with zero attached hydrogens (tertiary/aromatic N) is 1. The number of halogens is 2. The summed E-state index contributed by atoms with van der Waals surface area (Å²) in [5.74, 6) is -1.19. The molecule has 0 bridgehead atoms. The van der Waals surface area contributed by atoms with Gasteiger partial charge in [-0.05, 0) is 30.3 Å². The molecule has 3 N–H and O–H groups in total. The van der Waals surface area contributed by atoms with Crippen molar-refractivity contribution in [3.63, 3.8) is 0 Å². The van der Waals surface area contributed by atoms with Crippen molar-refractivity contribution in [3.05, 3.63) is 58.1 Å². The summed E-state index contributed by atoms with van der Waals surface area (Å²) < 4.78 is 0. The average Bonchev–Trinajstić information content (AvgIpc) is 2.43. The molecule has 2 amide bonds. The molecule has 0 heterocycles. The fourth-order valence-corrected chi connectivity index (χ4v) is 2.24. The van der Waals surface area contributed by atoms with Crippen LogP contribution in [0.2, 0.25) is 10.0 Å². The Morgan fingerprint density at radius 3 is 2.33 bits per heavy atom. The van der Waals surface area contributed by atoms with Gasteiger partial charge < -0.3 is 10.8 Å². The molecule has 2 aromatic rings. The van der Waals surface area contributed by atoms with E-state index in [0.29, 0.717) is 5.02 Å². The van der Waals surface area contributed by atoms with Gasteiger partial charge in [0.1, 0.15) is 0 Å². The van der Waals surface area contributed by atoms with Gasteiger partial charge in [-0.15, -0.1) is 0 Å². The van der Waals surface area contributed by atoms with E-state index in [9.17, 15) is 14.7 Å². The summed E-state index contributed by atoms with van der Waals surface area (Å²) in [5.41, 5.74) is 5.63. The Morgan fingerprint density at radius 1 is 1.05 bits per heavy atom. The zero-order valence-electron chi connectivity index (χ0n) is 10.6. The minimum absolute atomic E-state index is 0.0765. The maximum Gasteiger partial charge on any atom is 0.337 e. The van der Waals surface area contributed by atoms with Crippen molar-refractivity contribution in [2.45, 2.75) is 0 Å². The van der Waals surface area contributed by atoms with Gasteiger partial charge in [-0.25, -0.2) is 9.59 Å². The molecule has 108 valence electrons. The molecule has 0 aliphatic carbocycles. The summed E-state index contributed by atoms with van der Waals surface area (Å²) in [6, 6.07) is 9.59. The van der Waals surface area contributed by atoms with Gasteiger partial charge >= 0.3 is 12.0 Å². The SMILES string of the molecule is NC(=O)N(c1cc(Cl)ccc1Cl)c1ccccc1C(=O)O. The van der Waals surface area contributed by atoms with E-state index in [0.717, 1.165) is 4.90 Å². The number of amides is 2. The molecule has 0 fully saturated rings. The maximum atomic E-state index is 11.8. The Kier molecular flexibility index (Phi) is 4.35. The summed E-state index contributed by atoms with van der Waals surface area (Å²) in [5, 5.41) is 9.79. The number of aromatic carboxylic acids is 1. The molecule has 0 spiro atoms. The lowest BCUT2D eigenvalue weighted by atomic mass is 10.1. The molecule has 21 heavy (non-hydrogen) atoms. The number of carbonyl (C=O) groups excluding carboxylic acids is 1. The Hall–Kier alpha value is -2.24. The Morgan fingerprint density at radius 2 is 1.71 bits per heavy atom. The lowest BCUT2D eigenvalue weighted by Crippen LogP contribution is -2.32. The van der Waals surface area contributed by atoms with Gasteiger partial charge in [0.25, 0.3) is 0 Å². The molecule has 0 saturated heterocycles. The van der Waals surface area contributed by atoms with Crippen LogP contribution >= 0.6 is 23.2 Å². The number of primary amides is 1. The van der Waals surface area contributed by atoms with Crippen LogP contribution in [0.3, 0.4) is 0 Å². The third-order valence-corrected chi connectivity index (χ3v) is 3.30. The third kappa shape index (κ3) is 3.09. The first kappa shape index (κ1) is 15.2. The quantitative estimate of drug-likeness (QED) is 0.897. The van der Waals surface area contributed by atoms with Crippen molar-refractivity contribution >= 4 is 46.6 Å². The third-order valence-electron chi connectivity index (χ3n) is 2.74. The molecule has 0 aliphatic heterocycles. The summed E-state index contributed by atoms with van der Waals surface area (Å²) in [6.07, 6.45) is 0. The van der Waals surface area contributed by atoms with E-state index in [1.54, 1.807) is 18.2 Å². The van der Waals surface area contributed by atoms with Crippen LogP contribution in [0.25, 0.3) is 0 Å². The molecular weight excluding hydrogens is 315 g/mol.